The number of carbonyl (C=O) groups excluding carboxylic acids is 1. The molecule has 1 aliphatic heterocycles. The predicted octanol–water partition coefficient (Wildman–Crippen LogP) is 1.48. The first-order chi connectivity index (χ1) is 12.6. The quantitative estimate of drug-likeness (QED) is 0.797. The topological polar surface area (TPSA) is 94.3 Å². The number of carbonyl (C=O) groups is 1. The molecule has 0 bridgehead atoms. The Bertz CT molecular complexity index is 730. The molecule has 1 saturated heterocycles. The van der Waals surface area contributed by atoms with Gasteiger partial charge in [0.15, 0.2) is 12.3 Å². The van der Waals surface area contributed by atoms with Gasteiger partial charge in [-0.05, 0) is 31.2 Å². The van der Waals surface area contributed by atoms with Crippen LogP contribution in [-0.2, 0) is 11.3 Å². The maximum Gasteiger partial charge on any atom is 0.276 e. The molecule has 3 rings (SSSR count). The number of ether oxygens (including phenoxy) is 3. The standard InChI is InChI=1S/C18H22N2O6/c1-3-20(15-9-24-10-16(15)21)18(22)14-8-26-17(19-14)11-25-13-6-4-12(23-2)5-7-13/h4-8,15-16,21H,3,9-11H2,1-2H3/t15-,16-/m1/s1. The normalized spacial score (nSPS) is 19.3. The van der Waals surface area contributed by atoms with Gasteiger partial charge >= 0.3 is 0 Å². The molecule has 1 aromatic carbocycles. The SMILES string of the molecule is CCN(C(=O)c1coc(COc2ccc(OC)cc2)n1)[C@@H]1COC[C@H]1O. The molecular weight excluding hydrogens is 340 g/mol. The second kappa shape index (κ2) is 8.20. The lowest BCUT2D eigenvalue weighted by molar-refractivity contribution is 0.0515. The molecular formula is C18H22N2O6. The van der Waals surface area contributed by atoms with Crippen LogP contribution in [0.5, 0.6) is 11.5 Å². The van der Waals surface area contributed by atoms with Crippen molar-refractivity contribution in [3.63, 3.8) is 0 Å². The van der Waals surface area contributed by atoms with Gasteiger partial charge in [-0.3, -0.25) is 4.79 Å². The van der Waals surface area contributed by atoms with E-state index in [0.29, 0.717) is 24.8 Å². The van der Waals surface area contributed by atoms with Gasteiger partial charge in [0.25, 0.3) is 5.91 Å². The monoisotopic (exact) mass is 362 g/mol. The minimum absolute atomic E-state index is 0.0981. The number of likely N-dealkylation sites (N-methyl/N-ethyl adjacent to an activating group) is 1. The highest BCUT2D eigenvalue weighted by molar-refractivity contribution is 5.92. The number of rotatable bonds is 7. The number of hydrogen-bond donors (Lipinski definition) is 1. The second-order valence-corrected chi connectivity index (χ2v) is 5.85. The van der Waals surface area contributed by atoms with Crippen molar-refractivity contribution >= 4 is 5.91 Å². The fraction of sp³-hybridized carbons (Fsp3) is 0.444. The molecule has 0 aliphatic carbocycles. The molecule has 2 atom stereocenters. The van der Waals surface area contributed by atoms with E-state index in [1.165, 1.54) is 6.26 Å². The Morgan fingerprint density at radius 2 is 2.04 bits per heavy atom. The van der Waals surface area contributed by atoms with E-state index in [4.69, 9.17) is 18.6 Å². The molecule has 8 nitrogen and oxygen atoms in total. The molecule has 26 heavy (non-hydrogen) atoms. The third-order valence-corrected chi connectivity index (χ3v) is 4.22. The van der Waals surface area contributed by atoms with E-state index in [9.17, 15) is 9.90 Å². The van der Waals surface area contributed by atoms with E-state index in [1.54, 1.807) is 36.3 Å². The number of oxazole rings is 1. The first kappa shape index (κ1) is 18.2. The van der Waals surface area contributed by atoms with E-state index in [2.05, 4.69) is 4.98 Å². The van der Waals surface area contributed by atoms with Crippen molar-refractivity contribution in [1.82, 2.24) is 9.88 Å². The molecule has 1 N–H and O–H groups in total. The van der Waals surface area contributed by atoms with Gasteiger partial charge in [0.2, 0.25) is 5.89 Å². The Kier molecular flexibility index (Phi) is 5.75. The highest BCUT2D eigenvalue weighted by Crippen LogP contribution is 2.19. The van der Waals surface area contributed by atoms with Gasteiger partial charge < -0.3 is 28.6 Å². The third kappa shape index (κ3) is 3.97. The van der Waals surface area contributed by atoms with Gasteiger partial charge in [0.05, 0.1) is 32.5 Å². The van der Waals surface area contributed by atoms with Crippen LogP contribution in [0.15, 0.2) is 34.9 Å². The summed E-state index contributed by atoms with van der Waals surface area (Å²) in [5, 5.41) is 9.95. The lowest BCUT2D eigenvalue weighted by atomic mass is 10.1. The van der Waals surface area contributed by atoms with E-state index >= 15 is 0 Å². The summed E-state index contributed by atoms with van der Waals surface area (Å²) in [5.74, 6) is 1.36. The van der Waals surface area contributed by atoms with E-state index < -0.39 is 6.10 Å². The summed E-state index contributed by atoms with van der Waals surface area (Å²) < 4.78 is 21.2. The van der Waals surface area contributed by atoms with Crippen LogP contribution >= 0.6 is 0 Å². The highest BCUT2D eigenvalue weighted by Gasteiger charge is 2.35. The number of aliphatic hydroxyl groups is 1. The maximum absolute atomic E-state index is 12.6. The number of aliphatic hydroxyl groups excluding tert-OH is 1. The van der Waals surface area contributed by atoms with Crippen molar-refractivity contribution < 1.29 is 28.5 Å². The molecule has 8 heteroatoms. The number of nitrogens with zero attached hydrogens (tertiary/aromatic N) is 2. The van der Waals surface area contributed by atoms with Gasteiger partial charge in [-0.1, -0.05) is 0 Å². The molecule has 1 aliphatic rings. The molecule has 0 saturated carbocycles. The van der Waals surface area contributed by atoms with E-state index in [1.807, 2.05) is 6.92 Å². The Balaban J connectivity index is 1.61. The zero-order valence-electron chi connectivity index (χ0n) is 14.8. The summed E-state index contributed by atoms with van der Waals surface area (Å²) in [6.45, 7) is 2.92. The Morgan fingerprint density at radius 3 is 2.65 bits per heavy atom. The van der Waals surface area contributed by atoms with Crippen molar-refractivity contribution in [2.45, 2.75) is 25.7 Å². The molecule has 1 aromatic heterocycles. The van der Waals surface area contributed by atoms with Crippen molar-refractivity contribution in [2.75, 3.05) is 26.9 Å². The van der Waals surface area contributed by atoms with Crippen LogP contribution in [0.3, 0.4) is 0 Å². The average Bonchev–Trinajstić information content (AvgIpc) is 3.30. The third-order valence-electron chi connectivity index (χ3n) is 4.22. The highest BCUT2D eigenvalue weighted by atomic mass is 16.5. The predicted molar refractivity (Wildman–Crippen MR) is 91.2 cm³/mol. The number of aromatic nitrogens is 1. The van der Waals surface area contributed by atoms with Gasteiger partial charge in [-0.25, -0.2) is 4.98 Å². The summed E-state index contributed by atoms with van der Waals surface area (Å²) in [5.41, 5.74) is 0.180. The molecule has 2 aromatic rings. The Hall–Kier alpha value is -2.58. The van der Waals surface area contributed by atoms with Crippen LogP contribution in [0.25, 0.3) is 0 Å². The molecule has 0 radical (unpaired) electrons. The number of benzene rings is 1. The molecule has 2 heterocycles. The smallest absolute Gasteiger partial charge is 0.276 e. The molecule has 140 valence electrons. The zero-order chi connectivity index (χ0) is 18.5. The van der Waals surface area contributed by atoms with Gasteiger partial charge in [-0.15, -0.1) is 0 Å². The lowest BCUT2D eigenvalue weighted by Crippen LogP contribution is -2.46. The first-order valence-electron chi connectivity index (χ1n) is 8.40. The van der Waals surface area contributed by atoms with Crippen LogP contribution in [0.1, 0.15) is 23.3 Å². The Morgan fingerprint density at radius 1 is 1.31 bits per heavy atom. The Labute approximate surface area is 151 Å². The summed E-state index contributed by atoms with van der Waals surface area (Å²) >= 11 is 0. The summed E-state index contributed by atoms with van der Waals surface area (Å²) in [7, 11) is 1.59. The minimum atomic E-state index is -0.691. The molecule has 1 amide bonds. The fourth-order valence-corrected chi connectivity index (χ4v) is 2.80. The van der Waals surface area contributed by atoms with Crippen LogP contribution in [0.4, 0.5) is 0 Å². The largest absolute Gasteiger partial charge is 0.497 e. The van der Waals surface area contributed by atoms with Crippen molar-refractivity contribution in [3.05, 3.63) is 42.1 Å². The van der Waals surface area contributed by atoms with Gasteiger partial charge in [0.1, 0.15) is 17.8 Å². The molecule has 0 unspecified atom stereocenters. The van der Waals surface area contributed by atoms with Crippen molar-refractivity contribution in [3.8, 4) is 11.5 Å². The minimum Gasteiger partial charge on any atom is -0.497 e. The van der Waals surface area contributed by atoms with Gasteiger partial charge in [0, 0.05) is 6.54 Å². The number of amides is 1. The molecule has 0 spiro atoms. The van der Waals surface area contributed by atoms with Crippen LogP contribution in [0.2, 0.25) is 0 Å². The van der Waals surface area contributed by atoms with E-state index in [0.717, 1.165) is 5.75 Å². The van der Waals surface area contributed by atoms with Gasteiger partial charge in [-0.2, -0.15) is 0 Å². The summed E-state index contributed by atoms with van der Waals surface area (Å²) in [6.07, 6.45) is 0.614. The fourth-order valence-electron chi connectivity index (χ4n) is 2.80. The lowest BCUT2D eigenvalue weighted by Gasteiger charge is -2.27. The first-order valence-corrected chi connectivity index (χ1v) is 8.40. The van der Waals surface area contributed by atoms with E-state index in [-0.39, 0.29) is 30.9 Å². The van der Waals surface area contributed by atoms with Crippen molar-refractivity contribution in [1.29, 1.82) is 0 Å². The average molecular weight is 362 g/mol. The maximum atomic E-state index is 12.6. The van der Waals surface area contributed by atoms with Crippen molar-refractivity contribution in [2.24, 2.45) is 0 Å². The van der Waals surface area contributed by atoms with Crippen LogP contribution in [0, 0.1) is 0 Å². The summed E-state index contributed by atoms with van der Waals surface area (Å²) in [4.78, 5) is 18.4. The van der Waals surface area contributed by atoms with Crippen LogP contribution in [-0.4, -0.2) is 59.9 Å². The summed E-state index contributed by atoms with van der Waals surface area (Å²) in [6, 6.07) is 6.74. The zero-order valence-corrected chi connectivity index (χ0v) is 14.8. The number of methoxy groups -OCH3 is 1. The van der Waals surface area contributed by atoms with Crippen LogP contribution < -0.4 is 9.47 Å². The second-order valence-electron chi connectivity index (χ2n) is 5.85. The molecule has 1 fully saturated rings. The number of hydrogen-bond acceptors (Lipinski definition) is 7.